The molecule has 1 aromatic rings. The Morgan fingerprint density at radius 2 is 1.46 bits per heavy atom. The number of rotatable bonds is 4. The van der Waals surface area contributed by atoms with Crippen molar-refractivity contribution in [3.63, 3.8) is 0 Å². The molecule has 0 aliphatic rings. The van der Waals surface area contributed by atoms with Crippen LogP contribution in [0.1, 0.15) is 26.3 Å². The zero-order valence-electron chi connectivity index (χ0n) is 8.88. The van der Waals surface area contributed by atoms with Crippen LogP contribution in [0.3, 0.4) is 0 Å². The molecule has 13 heavy (non-hydrogen) atoms. The Hall–Kier alpha value is -0.350. The van der Waals surface area contributed by atoms with Crippen molar-refractivity contribution in [2.24, 2.45) is 0 Å². The molecular weight excluding hydrogens is 175 g/mol. The first-order valence-electron chi connectivity index (χ1n) is 5.15. The van der Waals surface area contributed by atoms with Gasteiger partial charge < -0.3 is 0 Å². The van der Waals surface area contributed by atoms with Crippen LogP contribution in [0.15, 0.2) is 24.3 Å². The van der Waals surface area contributed by atoms with Gasteiger partial charge in [-0.1, -0.05) is 53.0 Å². The number of aryl methyl sites for hydroxylation is 1. The second-order valence-electron chi connectivity index (χ2n) is 3.19. The van der Waals surface area contributed by atoms with E-state index < -0.39 is 0 Å². The Balaban J connectivity index is 2.78. The van der Waals surface area contributed by atoms with Gasteiger partial charge in [-0.25, -0.2) is 0 Å². The molecule has 0 nitrogen and oxygen atoms in total. The third-order valence-corrected chi connectivity index (χ3v) is 5.03. The van der Waals surface area contributed by atoms with Gasteiger partial charge in [-0.2, -0.15) is 0 Å². The molecule has 1 heteroatoms. The fourth-order valence-electron chi connectivity index (χ4n) is 1.53. The van der Waals surface area contributed by atoms with Crippen LogP contribution in [0.4, 0.5) is 0 Å². The lowest BCUT2D eigenvalue weighted by Crippen LogP contribution is -2.03. The van der Waals surface area contributed by atoms with Gasteiger partial charge >= 0.3 is 0 Å². The lowest BCUT2D eigenvalue weighted by Gasteiger charge is -2.13. The van der Waals surface area contributed by atoms with Crippen molar-refractivity contribution in [3.8, 4) is 0 Å². The van der Waals surface area contributed by atoms with E-state index >= 15 is 0 Å². The summed E-state index contributed by atoms with van der Waals surface area (Å²) in [5.41, 5.74) is 1.45. The van der Waals surface area contributed by atoms with Gasteiger partial charge in [0.2, 0.25) is 0 Å². The maximum Gasteiger partial charge on any atom is -0.0240 e. The highest BCUT2D eigenvalue weighted by Crippen LogP contribution is 2.32. The molecule has 0 saturated carbocycles. The van der Waals surface area contributed by atoms with E-state index in [9.17, 15) is 0 Å². The fourth-order valence-corrected chi connectivity index (χ4v) is 3.28. The van der Waals surface area contributed by atoms with E-state index in [0.717, 1.165) is 6.42 Å². The zero-order valence-corrected chi connectivity index (χ0v) is 9.77. The van der Waals surface area contributed by atoms with Gasteiger partial charge in [-0.15, -0.1) is 0 Å². The summed E-state index contributed by atoms with van der Waals surface area (Å²) in [7, 11) is 0.131. The number of benzene rings is 1. The van der Waals surface area contributed by atoms with Crippen molar-refractivity contribution >= 4 is 13.2 Å². The largest absolute Gasteiger partial charge is 0.0759 e. The maximum atomic E-state index is 2.32. The first-order chi connectivity index (χ1) is 6.31. The molecule has 0 amide bonds. The lowest BCUT2D eigenvalue weighted by molar-refractivity contribution is 1.14. The van der Waals surface area contributed by atoms with Gasteiger partial charge in [-0.05, 0) is 29.6 Å². The average Bonchev–Trinajstić information content (AvgIpc) is 2.21. The van der Waals surface area contributed by atoms with Crippen LogP contribution >= 0.6 is 7.92 Å². The number of hydrogen-bond acceptors (Lipinski definition) is 0. The zero-order chi connectivity index (χ0) is 9.68. The summed E-state index contributed by atoms with van der Waals surface area (Å²) in [4.78, 5) is 0. The molecule has 1 aromatic carbocycles. The Bertz CT molecular complexity index is 234. The first-order valence-corrected chi connectivity index (χ1v) is 6.86. The highest BCUT2D eigenvalue weighted by atomic mass is 31.1. The van der Waals surface area contributed by atoms with Gasteiger partial charge in [0.05, 0.1) is 0 Å². The molecule has 0 aliphatic carbocycles. The van der Waals surface area contributed by atoms with E-state index in [2.05, 4.69) is 45.0 Å². The Morgan fingerprint density at radius 1 is 0.923 bits per heavy atom. The summed E-state index contributed by atoms with van der Waals surface area (Å²) in [6.45, 7) is 6.79. The Kier molecular flexibility index (Phi) is 4.45. The summed E-state index contributed by atoms with van der Waals surface area (Å²) in [6.07, 6.45) is 3.78. The van der Waals surface area contributed by atoms with Crippen molar-refractivity contribution in [1.82, 2.24) is 0 Å². The van der Waals surface area contributed by atoms with Crippen LogP contribution in [-0.2, 0) is 6.42 Å². The van der Waals surface area contributed by atoms with Crippen molar-refractivity contribution in [3.05, 3.63) is 29.8 Å². The minimum Gasteiger partial charge on any atom is -0.0759 e. The van der Waals surface area contributed by atoms with Crippen LogP contribution in [-0.4, -0.2) is 12.3 Å². The van der Waals surface area contributed by atoms with Crippen LogP contribution in [0.2, 0.25) is 0 Å². The minimum absolute atomic E-state index is 0.131. The monoisotopic (exact) mass is 194 g/mol. The van der Waals surface area contributed by atoms with Crippen LogP contribution in [0.5, 0.6) is 0 Å². The summed E-state index contributed by atoms with van der Waals surface area (Å²) in [6, 6.07) is 9.18. The molecule has 0 heterocycles. The van der Waals surface area contributed by atoms with E-state index in [1.54, 1.807) is 5.30 Å². The molecule has 0 N–H and O–H groups in total. The van der Waals surface area contributed by atoms with Crippen molar-refractivity contribution in [1.29, 1.82) is 0 Å². The van der Waals surface area contributed by atoms with E-state index in [0.29, 0.717) is 0 Å². The molecule has 0 saturated heterocycles. The standard InChI is InChI=1S/C12H19P/c1-4-11-7-9-12(10-8-11)13(5-2)6-3/h7-10H,4-6H2,1-3H3. The summed E-state index contributed by atoms with van der Waals surface area (Å²) >= 11 is 0. The quantitative estimate of drug-likeness (QED) is 0.644. The van der Waals surface area contributed by atoms with Gasteiger partial charge in [0.15, 0.2) is 0 Å². The van der Waals surface area contributed by atoms with E-state index in [4.69, 9.17) is 0 Å². The van der Waals surface area contributed by atoms with Crippen molar-refractivity contribution in [2.45, 2.75) is 27.2 Å². The van der Waals surface area contributed by atoms with Gasteiger partial charge in [0.1, 0.15) is 0 Å². The molecule has 0 aliphatic heterocycles. The first kappa shape index (κ1) is 10.7. The average molecular weight is 194 g/mol. The van der Waals surface area contributed by atoms with E-state index in [1.165, 1.54) is 17.9 Å². The van der Waals surface area contributed by atoms with Gasteiger partial charge in [0.25, 0.3) is 0 Å². The van der Waals surface area contributed by atoms with E-state index in [1.807, 2.05) is 0 Å². The van der Waals surface area contributed by atoms with Crippen LogP contribution in [0.25, 0.3) is 0 Å². The SMILES string of the molecule is CCc1ccc(P(CC)CC)cc1. The smallest absolute Gasteiger partial charge is 0.0240 e. The molecule has 0 unspecified atom stereocenters. The molecule has 72 valence electrons. The van der Waals surface area contributed by atoms with Crippen molar-refractivity contribution < 1.29 is 0 Å². The Labute approximate surface area is 83.1 Å². The topological polar surface area (TPSA) is 0 Å². The normalized spacial score (nSPS) is 10.8. The highest BCUT2D eigenvalue weighted by molar-refractivity contribution is 7.65. The summed E-state index contributed by atoms with van der Waals surface area (Å²) in [5.74, 6) is 0. The minimum atomic E-state index is 0.131. The molecule has 0 aromatic heterocycles. The summed E-state index contributed by atoms with van der Waals surface area (Å²) in [5, 5.41) is 1.57. The molecule has 0 bridgehead atoms. The van der Waals surface area contributed by atoms with E-state index in [-0.39, 0.29) is 7.92 Å². The molecule has 0 spiro atoms. The lowest BCUT2D eigenvalue weighted by atomic mass is 10.2. The Morgan fingerprint density at radius 3 is 1.85 bits per heavy atom. The third-order valence-electron chi connectivity index (χ3n) is 2.47. The molecule has 0 fully saturated rings. The van der Waals surface area contributed by atoms with Crippen molar-refractivity contribution in [2.75, 3.05) is 12.3 Å². The molecular formula is C12H19P. The number of hydrogen-bond donors (Lipinski definition) is 0. The molecule has 0 radical (unpaired) electrons. The second-order valence-corrected chi connectivity index (χ2v) is 6.05. The molecule has 1 rings (SSSR count). The van der Waals surface area contributed by atoms with Crippen LogP contribution < -0.4 is 5.30 Å². The fraction of sp³-hybridized carbons (Fsp3) is 0.500. The third kappa shape index (κ3) is 2.81. The predicted octanol–water partition coefficient (Wildman–Crippen LogP) is 3.40. The highest BCUT2D eigenvalue weighted by Gasteiger charge is 2.04. The second kappa shape index (κ2) is 5.40. The maximum absolute atomic E-state index is 2.32. The van der Waals surface area contributed by atoms with Gasteiger partial charge in [0, 0.05) is 0 Å². The molecule has 0 atom stereocenters. The van der Waals surface area contributed by atoms with Gasteiger partial charge in [-0.3, -0.25) is 0 Å². The van der Waals surface area contributed by atoms with Crippen LogP contribution in [0, 0.1) is 0 Å². The summed E-state index contributed by atoms with van der Waals surface area (Å²) < 4.78 is 0. The predicted molar refractivity (Wildman–Crippen MR) is 63.5 cm³/mol.